The van der Waals surface area contributed by atoms with Crippen molar-refractivity contribution in [2.75, 3.05) is 13.1 Å². The molecule has 1 fully saturated rings. The van der Waals surface area contributed by atoms with E-state index in [1.54, 1.807) is 6.92 Å². The molecule has 0 aromatic carbocycles. The molecule has 9 nitrogen and oxygen atoms in total. The number of aliphatic carboxylic acids is 1. The Morgan fingerprint density at radius 3 is 2.44 bits per heavy atom. The number of aliphatic hydroxyl groups is 1. The highest BCUT2D eigenvalue weighted by Gasteiger charge is 2.39. The van der Waals surface area contributed by atoms with E-state index in [1.165, 1.54) is 4.90 Å². The molecule has 0 spiro atoms. The van der Waals surface area contributed by atoms with Crippen LogP contribution in [0.2, 0.25) is 0 Å². The van der Waals surface area contributed by atoms with Gasteiger partial charge in [0.15, 0.2) is 0 Å². The van der Waals surface area contributed by atoms with E-state index in [0.29, 0.717) is 38.8 Å². The predicted octanol–water partition coefficient (Wildman–Crippen LogP) is -0.130. The molecule has 4 N–H and O–H groups in total. The van der Waals surface area contributed by atoms with Crippen molar-refractivity contribution in [2.45, 2.75) is 71.1 Å². The number of nitrogens with zero attached hydrogens (tertiary/aromatic N) is 1. The van der Waals surface area contributed by atoms with Crippen molar-refractivity contribution in [1.29, 1.82) is 0 Å². The first-order valence-corrected chi connectivity index (χ1v) is 9.51. The Morgan fingerprint density at radius 1 is 1.22 bits per heavy atom. The van der Waals surface area contributed by atoms with Crippen LogP contribution in [0.15, 0.2) is 0 Å². The van der Waals surface area contributed by atoms with Gasteiger partial charge in [-0.15, -0.1) is 0 Å². The maximum Gasteiger partial charge on any atom is 0.326 e. The average molecular weight is 385 g/mol. The number of rotatable bonds is 10. The van der Waals surface area contributed by atoms with Crippen LogP contribution in [0.25, 0.3) is 0 Å². The molecule has 9 heteroatoms. The van der Waals surface area contributed by atoms with E-state index >= 15 is 0 Å². The minimum absolute atomic E-state index is 0.220. The number of carbonyl (C=O) groups is 4. The molecular formula is C18H31N3O6. The Morgan fingerprint density at radius 2 is 1.89 bits per heavy atom. The van der Waals surface area contributed by atoms with Crippen LogP contribution in [-0.2, 0) is 19.2 Å². The molecule has 1 aliphatic heterocycles. The summed E-state index contributed by atoms with van der Waals surface area (Å²) in [6, 6.07) is -1.78. The fourth-order valence-electron chi connectivity index (χ4n) is 3.02. The van der Waals surface area contributed by atoms with Gasteiger partial charge in [0.2, 0.25) is 17.7 Å². The number of likely N-dealkylation sites (tertiary alicyclic amines) is 1. The van der Waals surface area contributed by atoms with E-state index in [4.69, 9.17) is 0 Å². The van der Waals surface area contributed by atoms with Crippen LogP contribution in [0, 0.1) is 5.92 Å². The Hall–Kier alpha value is -2.16. The van der Waals surface area contributed by atoms with Crippen molar-refractivity contribution in [3.8, 4) is 0 Å². The molecule has 0 aliphatic carbocycles. The maximum atomic E-state index is 12.9. The second-order valence-electron chi connectivity index (χ2n) is 6.97. The van der Waals surface area contributed by atoms with Gasteiger partial charge in [-0.1, -0.05) is 27.2 Å². The Kier molecular flexibility index (Phi) is 9.20. The lowest BCUT2D eigenvalue weighted by molar-refractivity contribution is -0.150. The first-order valence-electron chi connectivity index (χ1n) is 9.51. The zero-order valence-corrected chi connectivity index (χ0v) is 16.2. The van der Waals surface area contributed by atoms with Crippen LogP contribution in [0.3, 0.4) is 0 Å². The second kappa shape index (κ2) is 10.9. The highest BCUT2D eigenvalue weighted by atomic mass is 16.4. The molecular weight excluding hydrogens is 354 g/mol. The number of carboxylic acid groups (broad SMARTS) is 1. The van der Waals surface area contributed by atoms with Gasteiger partial charge in [-0.25, -0.2) is 4.79 Å². The lowest BCUT2D eigenvalue weighted by Gasteiger charge is -2.30. The minimum Gasteiger partial charge on any atom is -0.480 e. The molecule has 0 saturated carbocycles. The quantitative estimate of drug-likeness (QED) is 0.414. The summed E-state index contributed by atoms with van der Waals surface area (Å²) in [4.78, 5) is 49.5. The summed E-state index contributed by atoms with van der Waals surface area (Å²) in [5.41, 5.74) is 0. The molecule has 1 saturated heterocycles. The third-order valence-corrected chi connectivity index (χ3v) is 4.85. The molecule has 0 aromatic rings. The number of nitrogens with one attached hydrogen (secondary N) is 2. The summed E-state index contributed by atoms with van der Waals surface area (Å²) in [6.45, 7) is 6.25. The number of carbonyl (C=O) groups excluding carboxylic acids is 3. The maximum absolute atomic E-state index is 12.9. The first kappa shape index (κ1) is 22.9. The molecule has 3 amide bonds. The topological polar surface area (TPSA) is 136 Å². The van der Waals surface area contributed by atoms with Crippen LogP contribution >= 0.6 is 0 Å². The zero-order chi connectivity index (χ0) is 20.6. The van der Waals surface area contributed by atoms with E-state index in [1.807, 2.05) is 13.8 Å². The summed E-state index contributed by atoms with van der Waals surface area (Å²) in [6.07, 6.45) is 0.330. The van der Waals surface area contributed by atoms with Crippen molar-refractivity contribution in [3.63, 3.8) is 0 Å². The van der Waals surface area contributed by atoms with Crippen LogP contribution in [0.4, 0.5) is 0 Å². The molecule has 1 aliphatic rings. The largest absolute Gasteiger partial charge is 0.480 e. The summed E-state index contributed by atoms with van der Waals surface area (Å²) in [5.74, 6) is -2.98. The Bertz CT molecular complexity index is 553. The second-order valence-corrected chi connectivity index (χ2v) is 6.97. The van der Waals surface area contributed by atoms with Gasteiger partial charge in [0.05, 0.1) is 6.42 Å². The smallest absolute Gasteiger partial charge is 0.326 e. The van der Waals surface area contributed by atoms with E-state index < -0.39 is 48.3 Å². The highest BCUT2D eigenvalue weighted by Crippen LogP contribution is 2.21. The van der Waals surface area contributed by atoms with Gasteiger partial charge in [-0.3, -0.25) is 14.4 Å². The van der Waals surface area contributed by atoms with Gasteiger partial charge in [-0.2, -0.15) is 0 Å². The summed E-state index contributed by atoms with van der Waals surface area (Å²) in [7, 11) is 0. The molecule has 0 aromatic heterocycles. The molecule has 0 radical (unpaired) electrons. The number of carboxylic acids is 1. The van der Waals surface area contributed by atoms with E-state index in [9.17, 15) is 29.4 Å². The van der Waals surface area contributed by atoms with Gasteiger partial charge in [0.25, 0.3) is 0 Å². The average Bonchev–Trinajstić information content (AvgIpc) is 3.12. The van der Waals surface area contributed by atoms with Crippen molar-refractivity contribution in [1.82, 2.24) is 15.5 Å². The van der Waals surface area contributed by atoms with Gasteiger partial charge in [-0.05, 0) is 25.2 Å². The van der Waals surface area contributed by atoms with Crippen LogP contribution in [-0.4, -0.2) is 70.1 Å². The molecule has 27 heavy (non-hydrogen) atoms. The minimum atomic E-state index is -1.50. The Labute approximate surface area is 159 Å². The SMILES string of the molecule is CCCNC(=O)C(O)CC(=O)NC(C(=O)N1CCCC1C(=O)O)C(C)CC. The monoisotopic (exact) mass is 385 g/mol. The van der Waals surface area contributed by atoms with Gasteiger partial charge in [0, 0.05) is 13.1 Å². The highest BCUT2D eigenvalue weighted by molar-refractivity contribution is 5.92. The van der Waals surface area contributed by atoms with E-state index in [0.717, 1.165) is 0 Å². The predicted molar refractivity (Wildman–Crippen MR) is 97.7 cm³/mol. The number of aliphatic hydroxyl groups excluding tert-OH is 1. The molecule has 1 rings (SSSR count). The van der Waals surface area contributed by atoms with E-state index in [-0.39, 0.29) is 5.92 Å². The lowest BCUT2D eigenvalue weighted by Crippen LogP contribution is -2.54. The molecule has 0 bridgehead atoms. The molecule has 4 atom stereocenters. The van der Waals surface area contributed by atoms with Crippen molar-refractivity contribution >= 4 is 23.7 Å². The van der Waals surface area contributed by atoms with Crippen molar-refractivity contribution in [3.05, 3.63) is 0 Å². The lowest BCUT2D eigenvalue weighted by atomic mass is 9.97. The van der Waals surface area contributed by atoms with Crippen LogP contribution in [0.1, 0.15) is 52.9 Å². The third-order valence-electron chi connectivity index (χ3n) is 4.85. The number of hydrogen-bond donors (Lipinski definition) is 4. The van der Waals surface area contributed by atoms with E-state index in [2.05, 4.69) is 10.6 Å². The van der Waals surface area contributed by atoms with Crippen molar-refractivity contribution < 1.29 is 29.4 Å². The third kappa shape index (κ3) is 6.50. The molecule has 1 heterocycles. The fraction of sp³-hybridized carbons (Fsp3) is 0.778. The van der Waals surface area contributed by atoms with Crippen LogP contribution in [0.5, 0.6) is 0 Å². The van der Waals surface area contributed by atoms with Crippen LogP contribution < -0.4 is 10.6 Å². The fourth-order valence-corrected chi connectivity index (χ4v) is 3.02. The first-order chi connectivity index (χ1) is 12.7. The number of hydrogen-bond acceptors (Lipinski definition) is 5. The normalized spacial score (nSPS) is 19.9. The van der Waals surface area contributed by atoms with Gasteiger partial charge >= 0.3 is 5.97 Å². The molecule has 154 valence electrons. The zero-order valence-electron chi connectivity index (χ0n) is 16.2. The number of amides is 3. The summed E-state index contributed by atoms with van der Waals surface area (Å²) >= 11 is 0. The van der Waals surface area contributed by atoms with Gasteiger partial charge in [0.1, 0.15) is 18.2 Å². The molecule has 4 unspecified atom stereocenters. The van der Waals surface area contributed by atoms with Crippen molar-refractivity contribution in [2.24, 2.45) is 5.92 Å². The standard InChI is InChI=1S/C18H31N3O6/c1-4-8-19-16(24)13(22)10-14(23)20-15(11(3)5-2)17(25)21-9-6-7-12(21)18(26)27/h11-13,15,22H,4-10H2,1-3H3,(H,19,24)(H,20,23)(H,26,27). The van der Waals surface area contributed by atoms with Gasteiger partial charge < -0.3 is 25.7 Å². The summed E-state index contributed by atoms with van der Waals surface area (Å²) < 4.78 is 0. The summed E-state index contributed by atoms with van der Waals surface area (Å²) in [5, 5.41) is 24.2. The Balaban J connectivity index is 2.77.